The van der Waals surface area contributed by atoms with Crippen molar-refractivity contribution in [2.45, 2.75) is 18.8 Å². The molecule has 0 saturated heterocycles. The van der Waals surface area contributed by atoms with Crippen molar-refractivity contribution in [2.75, 3.05) is 0 Å². The Morgan fingerprint density at radius 2 is 1.92 bits per heavy atom. The lowest BCUT2D eigenvalue weighted by Gasteiger charge is -2.06. The molecule has 2 aromatic heterocycles. The Labute approximate surface area is 147 Å². The molecule has 1 aliphatic rings. The van der Waals surface area contributed by atoms with E-state index in [4.69, 9.17) is 21.7 Å². The first kappa shape index (κ1) is 14.5. The summed E-state index contributed by atoms with van der Waals surface area (Å²) in [5.74, 6) is 2.04. The van der Waals surface area contributed by atoms with Crippen molar-refractivity contribution in [3.8, 4) is 17.1 Å². The number of nitrogens with zero attached hydrogens (tertiary/aromatic N) is 3. The van der Waals surface area contributed by atoms with Crippen molar-refractivity contribution in [3.63, 3.8) is 0 Å². The molecule has 1 fully saturated rings. The number of aromatic amines is 2. The van der Waals surface area contributed by atoms with Crippen molar-refractivity contribution >= 4 is 22.6 Å². The van der Waals surface area contributed by atoms with Gasteiger partial charge in [-0.3, -0.25) is 0 Å². The molecule has 0 unspecified atom stereocenters. The highest BCUT2D eigenvalue weighted by Gasteiger charge is 2.29. The predicted octanol–water partition coefficient (Wildman–Crippen LogP) is 3.63. The second kappa shape index (κ2) is 5.32. The highest BCUT2D eigenvalue weighted by Crippen LogP contribution is 2.39. The standard InChI is InChI=1S/C18H14ClN5O/c19-12-2-1-3-13(9-12)24-17(22-16(23-24)10-4-5-10)11-6-7-14-15(8-11)21-18(25)20-14/h1-3,6-10H,4-5H2,(H2,20,21,25). The number of hydrogen-bond donors (Lipinski definition) is 2. The summed E-state index contributed by atoms with van der Waals surface area (Å²) in [6, 6.07) is 13.3. The normalized spacial score (nSPS) is 14.3. The van der Waals surface area contributed by atoms with E-state index in [0.29, 0.717) is 10.9 Å². The molecule has 25 heavy (non-hydrogen) atoms. The maximum absolute atomic E-state index is 11.5. The van der Waals surface area contributed by atoms with Gasteiger partial charge in [-0.25, -0.2) is 14.5 Å². The van der Waals surface area contributed by atoms with E-state index in [1.165, 1.54) is 0 Å². The number of nitrogens with one attached hydrogen (secondary N) is 2. The monoisotopic (exact) mass is 351 g/mol. The summed E-state index contributed by atoms with van der Waals surface area (Å²) in [4.78, 5) is 21.8. The van der Waals surface area contributed by atoms with Crippen LogP contribution >= 0.6 is 11.6 Å². The van der Waals surface area contributed by atoms with E-state index >= 15 is 0 Å². The van der Waals surface area contributed by atoms with Gasteiger partial charge >= 0.3 is 5.69 Å². The van der Waals surface area contributed by atoms with Crippen molar-refractivity contribution < 1.29 is 0 Å². The van der Waals surface area contributed by atoms with E-state index in [1.54, 1.807) is 0 Å². The zero-order valence-electron chi connectivity index (χ0n) is 13.2. The molecule has 6 nitrogen and oxygen atoms in total. The first-order valence-electron chi connectivity index (χ1n) is 8.13. The maximum atomic E-state index is 11.5. The third-order valence-corrected chi connectivity index (χ3v) is 4.63. The highest BCUT2D eigenvalue weighted by molar-refractivity contribution is 6.30. The molecule has 0 aliphatic heterocycles. The van der Waals surface area contributed by atoms with Crippen LogP contribution in [0.4, 0.5) is 0 Å². The van der Waals surface area contributed by atoms with Gasteiger partial charge in [-0.05, 0) is 49.2 Å². The lowest BCUT2D eigenvalue weighted by Crippen LogP contribution is -2.00. The molecule has 2 N–H and O–H groups in total. The summed E-state index contributed by atoms with van der Waals surface area (Å²) in [6.45, 7) is 0. The van der Waals surface area contributed by atoms with Crippen molar-refractivity contribution in [1.29, 1.82) is 0 Å². The second-order valence-electron chi connectivity index (χ2n) is 6.30. The van der Waals surface area contributed by atoms with Crippen LogP contribution < -0.4 is 5.69 Å². The van der Waals surface area contributed by atoms with E-state index < -0.39 is 0 Å². The van der Waals surface area contributed by atoms with Gasteiger partial charge in [0.25, 0.3) is 0 Å². The van der Waals surface area contributed by atoms with E-state index in [0.717, 1.165) is 46.8 Å². The zero-order chi connectivity index (χ0) is 17.0. The Morgan fingerprint density at radius 3 is 2.72 bits per heavy atom. The van der Waals surface area contributed by atoms with Gasteiger partial charge in [0, 0.05) is 16.5 Å². The molecular weight excluding hydrogens is 338 g/mol. The van der Waals surface area contributed by atoms with Gasteiger partial charge in [-0.15, -0.1) is 0 Å². The van der Waals surface area contributed by atoms with E-state index in [-0.39, 0.29) is 5.69 Å². The van der Waals surface area contributed by atoms with Crippen LogP contribution in [-0.4, -0.2) is 24.7 Å². The predicted molar refractivity (Wildman–Crippen MR) is 96.3 cm³/mol. The Morgan fingerprint density at radius 1 is 1.08 bits per heavy atom. The van der Waals surface area contributed by atoms with Gasteiger partial charge in [-0.1, -0.05) is 17.7 Å². The largest absolute Gasteiger partial charge is 0.323 e. The minimum atomic E-state index is -0.220. The average Bonchev–Trinajstić information content (AvgIpc) is 3.23. The summed E-state index contributed by atoms with van der Waals surface area (Å²) in [5.41, 5.74) is 3.05. The summed E-state index contributed by atoms with van der Waals surface area (Å²) >= 11 is 6.15. The molecular formula is C18H14ClN5O. The van der Waals surface area contributed by atoms with Gasteiger partial charge in [0.15, 0.2) is 11.6 Å². The molecule has 1 saturated carbocycles. The van der Waals surface area contributed by atoms with Gasteiger partial charge in [-0.2, -0.15) is 5.10 Å². The quantitative estimate of drug-likeness (QED) is 0.591. The number of H-pyrrole nitrogens is 2. The van der Waals surface area contributed by atoms with Crippen molar-refractivity contribution in [3.05, 3.63) is 63.8 Å². The van der Waals surface area contributed by atoms with Crippen molar-refractivity contribution in [2.24, 2.45) is 0 Å². The van der Waals surface area contributed by atoms with Crippen LogP contribution in [-0.2, 0) is 0 Å². The summed E-state index contributed by atoms with van der Waals surface area (Å²) in [6.07, 6.45) is 2.26. The molecule has 0 radical (unpaired) electrons. The molecule has 124 valence electrons. The van der Waals surface area contributed by atoms with Crippen LogP contribution in [0.15, 0.2) is 47.3 Å². The van der Waals surface area contributed by atoms with E-state index in [9.17, 15) is 4.79 Å². The second-order valence-corrected chi connectivity index (χ2v) is 6.74. The van der Waals surface area contributed by atoms with Crippen LogP contribution in [0.2, 0.25) is 5.02 Å². The number of rotatable bonds is 3. The number of hydrogen-bond acceptors (Lipinski definition) is 3. The van der Waals surface area contributed by atoms with Crippen LogP contribution in [0.3, 0.4) is 0 Å². The lowest BCUT2D eigenvalue weighted by atomic mass is 10.2. The third-order valence-electron chi connectivity index (χ3n) is 4.39. The fraction of sp³-hybridized carbons (Fsp3) is 0.167. The zero-order valence-corrected chi connectivity index (χ0v) is 13.9. The summed E-state index contributed by atoms with van der Waals surface area (Å²) in [7, 11) is 0. The first-order valence-corrected chi connectivity index (χ1v) is 8.50. The van der Waals surface area contributed by atoms with Gasteiger partial charge in [0.2, 0.25) is 0 Å². The summed E-state index contributed by atoms with van der Waals surface area (Å²) < 4.78 is 1.82. The fourth-order valence-corrected chi connectivity index (χ4v) is 3.17. The van der Waals surface area contributed by atoms with Gasteiger partial charge in [0.1, 0.15) is 0 Å². The van der Waals surface area contributed by atoms with Crippen LogP contribution in [0.1, 0.15) is 24.6 Å². The number of halogens is 1. The smallest absolute Gasteiger partial charge is 0.306 e. The molecule has 7 heteroatoms. The number of aromatic nitrogens is 5. The molecule has 0 bridgehead atoms. The molecule has 4 aromatic rings. The Hall–Kier alpha value is -2.86. The van der Waals surface area contributed by atoms with E-state index in [1.807, 2.05) is 47.1 Å². The first-order chi connectivity index (χ1) is 12.2. The Bertz CT molecular complexity index is 1150. The van der Waals surface area contributed by atoms with Crippen LogP contribution in [0.25, 0.3) is 28.1 Å². The topological polar surface area (TPSA) is 79.4 Å². The Kier molecular flexibility index (Phi) is 3.08. The number of imidazole rings is 1. The lowest BCUT2D eigenvalue weighted by molar-refractivity contribution is 0.839. The fourth-order valence-electron chi connectivity index (χ4n) is 2.99. The van der Waals surface area contributed by atoms with Crippen LogP contribution in [0, 0.1) is 0 Å². The highest BCUT2D eigenvalue weighted by atomic mass is 35.5. The maximum Gasteiger partial charge on any atom is 0.323 e. The minimum absolute atomic E-state index is 0.220. The molecule has 5 rings (SSSR count). The molecule has 1 aliphatic carbocycles. The SMILES string of the molecule is O=c1[nH]c2ccc(-c3nc(C4CC4)nn3-c3cccc(Cl)c3)cc2[nH]1. The Balaban J connectivity index is 1.71. The van der Waals surface area contributed by atoms with Gasteiger partial charge < -0.3 is 9.97 Å². The van der Waals surface area contributed by atoms with Crippen LogP contribution in [0.5, 0.6) is 0 Å². The molecule has 0 amide bonds. The molecule has 2 heterocycles. The minimum Gasteiger partial charge on any atom is -0.306 e. The third kappa shape index (κ3) is 2.55. The number of fused-ring (bicyclic) bond motifs is 1. The van der Waals surface area contributed by atoms with Gasteiger partial charge in [0.05, 0.1) is 16.7 Å². The van der Waals surface area contributed by atoms with Crippen molar-refractivity contribution in [1.82, 2.24) is 24.7 Å². The molecule has 2 aromatic carbocycles. The number of benzene rings is 2. The van der Waals surface area contributed by atoms with E-state index in [2.05, 4.69) is 9.97 Å². The molecule has 0 atom stereocenters. The average molecular weight is 352 g/mol. The molecule has 0 spiro atoms. The summed E-state index contributed by atoms with van der Waals surface area (Å²) in [5, 5.41) is 5.36.